The topological polar surface area (TPSA) is 51.6 Å². The van der Waals surface area contributed by atoms with E-state index in [1.165, 1.54) is 36.5 Å². The van der Waals surface area contributed by atoms with Crippen LogP contribution in [0.5, 0.6) is 0 Å². The van der Waals surface area contributed by atoms with Crippen LogP contribution in [-0.2, 0) is 0 Å². The lowest BCUT2D eigenvalue weighted by atomic mass is 9.99. The first-order chi connectivity index (χ1) is 25.3. The molecule has 0 saturated heterocycles. The van der Waals surface area contributed by atoms with Gasteiger partial charge in [0.25, 0.3) is 0 Å². The van der Waals surface area contributed by atoms with Crippen LogP contribution >= 0.6 is 11.3 Å². The molecule has 5 heteroatoms. The number of fused-ring (bicyclic) bond motifs is 7. The van der Waals surface area contributed by atoms with Gasteiger partial charge >= 0.3 is 0 Å². The van der Waals surface area contributed by atoms with E-state index in [1.54, 1.807) is 11.3 Å². The zero-order valence-electron chi connectivity index (χ0n) is 27.4. The van der Waals surface area contributed by atoms with Gasteiger partial charge in [-0.25, -0.2) is 19.9 Å². The Morgan fingerprint density at radius 2 is 0.902 bits per heavy atom. The molecule has 3 heterocycles. The van der Waals surface area contributed by atoms with Gasteiger partial charge in [0.2, 0.25) is 0 Å². The maximum absolute atomic E-state index is 5.45. The SMILES string of the molecule is c1ccc(-c2ccc(-c3nc(-c4ccccc4)nc(-c4cccc(-c5nc6c7ccccc7ccc6c6c5sc5ccccc56)c4)n3)cc2)cc1. The number of hydrogen-bond donors (Lipinski definition) is 0. The van der Waals surface area contributed by atoms with Crippen molar-refractivity contribution in [2.45, 2.75) is 0 Å². The van der Waals surface area contributed by atoms with Crippen molar-refractivity contribution in [3.63, 3.8) is 0 Å². The molecule has 10 aromatic rings. The van der Waals surface area contributed by atoms with Crippen molar-refractivity contribution in [1.82, 2.24) is 19.9 Å². The van der Waals surface area contributed by atoms with Crippen LogP contribution in [0, 0.1) is 0 Å². The fourth-order valence-electron chi connectivity index (χ4n) is 7.01. The molecule has 3 aromatic heterocycles. The molecule has 51 heavy (non-hydrogen) atoms. The highest BCUT2D eigenvalue weighted by Gasteiger charge is 2.19. The van der Waals surface area contributed by atoms with Gasteiger partial charge in [0, 0.05) is 48.5 Å². The van der Waals surface area contributed by atoms with Crippen LogP contribution in [-0.4, -0.2) is 19.9 Å². The summed E-state index contributed by atoms with van der Waals surface area (Å²) in [5.74, 6) is 1.88. The van der Waals surface area contributed by atoms with Crippen LogP contribution in [0.3, 0.4) is 0 Å². The van der Waals surface area contributed by atoms with Gasteiger partial charge in [-0.2, -0.15) is 0 Å². The summed E-state index contributed by atoms with van der Waals surface area (Å²) in [5, 5.41) is 6.01. The first-order valence-electron chi connectivity index (χ1n) is 17.0. The van der Waals surface area contributed by atoms with Crippen molar-refractivity contribution in [3.05, 3.63) is 170 Å². The van der Waals surface area contributed by atoms with Crippen LogP contribution in [0.1, 0.15) is 0 Å². The highest BCUT2D eigenvalue weighted by molar-refractivity contribution is 7.26. The van der Waals surface area contributed by atoms with Gasteiger partial charge in [0.05, 0.1) is 15.9 Å². The summed E-state index contributed by atoms with van der Waals surface area (Å²) in [4.78, 5) is 20.6. The number of pyridine rings is 1. The fourth-order valence-corrected chi connectivity index (χ4v) is 8.24. The summed E-state index contributed by atoms with van der Waals surface area (Å²) in [7, 11) is 0. The molecule has 4 nitrogen and oxygen atoms in total. The molecule has 0 aliphatic rings. The predicted molar refractivity (Wildman–Crippen MR) is 213 cm³/mol. The number of aromatic nitrogens is 4. The summed E-state index contributed by atoms with van der Waals surface area (Å²) < 4.78 is 2.43. The lowest BCUT2D eigenvalue weighted by Gasteiger charge is -2.12. The minimum absolute atomic E-state index is 0.617. The second-order valence-electron chi connectivity index (χ2n) is 12.6. The van der Waals surface area contributed by atoms with Crippen molar-refractivity contribution in [3.8, 4) is 56.5 Å². The van der Waals surface area contributed by atoms with E-state index in [0.717, 1.165) is 44.4 Å². The Bertz CT molecular complexity index is 2900. The average Bonchev–Trinajstić information content (AvgIpc) is 3.61. The first-order valence-corrected chi connectivity index (χ1v) is 17.8. The summed E-state index contributed by atoms with van der Waals surface area (Å²) in [6.07, 6.45) is 0. The summed E-state index contributed by atoms with van der Waals surface area (Å²) in [5.41, 5.74) is 8.09. The van der Waals surface area contributed by atoms with Crippen LogP contribution in [0.4, 0.5) is 0 Å². The van der Waals surface area contributed by atoms with Crippen molar-refractivity contribution in [2.75, 3.05) is 0 Å². The Kier molecular flexibility index (Phi) is 6.96. The van der Waals surface area contributed by atoms with Gasteiger partial charge in [-0.3, -0.25) is 0 Å². The zero-order valence-corrected chi connectivity index (χ0v) is 28.2. The molecule has 0 fully saturated rings. The number of hydrogen-bond acceptors (Lipinski definition) is 5. The van der Waals surface area contributed by atoms with Gasteiger partial charge in [0.15, 0.2) is 17.5 Å². The van der Waals surface area contributed by atoms with Crippen molar-refractivity contribution >= 4 is 53.2 Å². The molecule has 0 saturated carbocycles. The third-order valence-corrected chi connectivity index (χ3v) is 10.7. The summed E-state index contributed by atoms with van der Waals surface area (Å²) >= 11 is 1.80. The summed E-state index contributed by atoms with van der Waals surface area (Å²) in [6, 6.07) is 59.1. The van der Waals surface area contributed by atoms with E-state index in [9.17, 15) is 0 Å². The molecular formula is C46H28N4S. The maximum atomic E-state index is 5.45. The van der Waals surface area contributed by atoms with Crippen molar-refractivity contribution in [2.24, 2.45) is 0 Å². The van der Waals surface area contributed by atoms with Gasteiger partial charge < -0.3 is 0 Å². The summed E-state index contributed by atoms with van der Waals surface area (Å²) in [6.45, 7) is 0. The highest BCUT2D eigenvalue weighted by atomic mass is 32.1. The second kappa shape index (κ2) is 12.1. The van der Waals surface area contributed by atoms with E-state index < -0.39 is 0 Å². The lowest BCUT2D eigenvalue weighted by Crippen LogP contribution is -2.00. The molecule has 0 amide bonds. The monoisotopic (exact) mass is 668 g/mol. The van der Waals surface area contributed by atoms with E-state index in [2.05, 4.69) is 133 Å². The molecule has 10 rings (SSSR count). The molecule has 0 unspecified atom stereocenters. The molecule has 0 spiro atoms. The van der Waals surface area contributed by atoms with Gasteiger partial charge in [-0.05, 0) is 28.6 Å². The van der Waals surface area contributed by atoms with Crippen LogP contribution in [0.25, 0.3) is 98.4 Å². The molecule has 238 valence electrons. The third kappa shape index (κ3) is 5.14. The van der Waals surface area contributed by atoms with Gasteiger partial charge in [-0.1, -0.05) is 158 Å². The smallest absolute Gasteiger partial charge is 0.164 e. The Hall–Kier alpha value is -6.56. The lowest BCUT2D eigenvalue weighted by molar-refractivity contribution is 1.07. The molecule has 0 aliphatic heterocycles. The minimum atomic E-state index is 0.617. The number of nitrogens with zero attached hydrogens (tertiary/aromatic N) is 4. The van der Waals surface area contributed by atoms with Crippen LogP contribution in [0.2, 0.25) is 0 Å². The van der Waals surface area contributed by atoms with E-state index >= 15 is 0 Å². The zero-order chi connectivity index (χ0) is 33.7. The Balaban J connectivity index is 1.16. The molecule has 0 N–H and O–H groups in total. The van der Waals surface area contributed by atoms with E-state index in [-0.39, 0.29) is 0 Å². The van der Waals surface area contributed by atoms with Gasteiger partial charge in [-0.15, -0.1) is 11.3 Å². The third-order valence-electron chi connectivity index (χ3n) is 9.52. The quantitative estimate of drug-likeness (QED) is 0.171. The van der Waals surface area contributed by atoms with E-state index in [0.29, 0.717) is 17.5 Å². The molecular weight excluding hydrogens is 641 g/mol. The molecule has 0 radical (unpaired) electrons. The fraction of sp³-hybridized carbons (Fsp3) is 0. The van der Waals surface area contributed by atoms with E-state index in [4.69, 9.17) is 19.9 Å². The molecule has 7 aromatic carbocycles. The first kappa shape index (κ1) is 29.4. The van der Waals surface area contributed by atoms with Crippen molar-refractivity contribution < 1.29 is 0 Å². The van der Waals surface area contributed by atoms with E-state index in [1.807, 2.05) is 36.4 Å². The number of rotatable bonds is 5. The minimum Gasteiger partial charge on any atom is -0.246 e. The van der Waals surface area contributed by atoms with Crippen LogP contribution < -0.4 is 0 Å². The maximum Gasteiger partial charge on any atom is 0.164 e. The largest absolute Gasteiger partial charge is 0.246 e. The van der Waals surface area contributed by atoms with Crippen molar-refractivity contribution in [1.29, 1.82) is 0 Å². The Labute approximate surface area is 298 Å². The molecule has 0 bridgehead atoms. The predicted octanol–water partition coefficient (Wildman–Crippen LogP) is 12.3. The number of benzene rings is 7. The Morgan fingerprint density at radius 3 is 1.67 bits per heavy atom. The molecule has 0 atom stereocenters. The normalized spacial score (nSPS) is 11.5. The standard InChI is InChI=1S/C46H28N4S/c1-3-12-29(13-4-1)30-22-24-33(25-23-30)45-48-44(32-15-5-2-6-16-32)49-46(50-45)35-18-11-17-34(28-35)41-43-40(37-20-9-10-21-39(37)51-43)38-27-26-31-14-7-8-19-36(31)42(38)47-41/h1-28H. The number of thiophene rings is 1. The average molecular weight is 669 g/mol. The Morgan fingerprint density at radius 1 is 0.353 bits per heavy atom. The van der Waals surface area contributed by atoms with Crippen LogP contribution in [0.15, 0.2) is 170 Å². The highest BCUT2D eigenvalue weighted by Crippen LogP contribution is 2.44. The van der Waals surface area contributed by atoms with Gasteiger partial charge in [0.1, 0.15) is 0 Å². The molecule has 0 aliphatic carbocycles. The second-order valence-corrected chi connectivity index (χ2v) is 13.7.